The summed E-state index contributed by atoms with van der Waals surface area (Å²) in [7, 11) is 1.92. The second kappa shape index (κ2) is 3.14. The third-order valence-electron chi connectivity index (χ3n) is 1.34. The van der Waals surface area contributed by atoms with Crippen LogP contribution in [0.25, 0.3) is 6.08 Å². The number of nitrogens with one attached hydrogen (secondary N) is 1. The van der Waals surface area contributed by atoms with Gasteiger partial charge in [0.25, 0.3) is 0 Å². The lowest BCUT2D eigenvalue weighted by atomic mass is 10.3. The molecule has 0 saturated carbocycles. The van der Waals surface area contributed by atoms with Crippen molar-refractivity contribution in [1.82, 2.24) is 9.55 Å². The van der Waals surface area contributed by atoms with E-state index < -0.39 is 0 Å². The predicted molar refractivity (Wildman–Crippen MR) is 45.6 cm³/mol. The highest BCUT2D eigenvalue weighted by atomic mass is 15.0. The first-order valence-electron chi connectivity index (χ1n) is 3.40. The van der Waals surface area contributed by atoms with E-state index in [0.29, 0.717) is 5.71 Å². The molecule has 0 bridgehead atoms. The zero-order chi connectivity index (χ0) is 8.27. The van der Waals surface area contributed by atoms with E-state index in [1.54, 1.807) is 19.2 Å². The van der Waals surface area contributed by atoms with Crippen LogP contribution >= 0.6 is 0 Å². The molecular formula is C8H11N3. The highest BCUT2D eigenvalue weighted by Crippen LogP contribution is 1.96. The molecule has 0 aromatic carbocycles. The van der Waals surface area contributed by atoms with Crippen LogP contribution in [-0.2, 0) is 7.05 Å². The highest BCUT2D eigenvalue weighted by Gasteiger charge is 1.90. The Morgan fingerprint density at radius 3 is 2.91 bits per heavy atom. The van der Waals surface area contributed by atoms with E-state index in [9.17, 15) is 0 Å². The normalized spacial score (nSPS) is 10.7. The quantitative estimate of drug-likeness (QED) is 0.636. The number of aryl methyl sites for hydroxylation is 1. The van der Waals surface area contributed by atoms with Crippen molar-refractivity contribution in [2.24, 2.45) is 7.05 Å². The monoisotopic (exact) mass is 149 g/mol. The topological polar surface area (TPSA) is 41.7 Å². The van der Waals surface area contributed by atoms with Crippen molar-refractivity contribution in [2.45, 2.75) is 6.92 Å². The Kier molecular flexibility index (Phi) is 2.21. The van der Waals surface area contributed by atoms with Crippen molar-refractivity contribution in [3.8, 4) is 0 Å². The number of nitrogens with zero attached hydrogens (tertiary/aromatic N) is 2. The number of hydrogen-bond acceptors (Lipinski definition) is 2. The van der Waals surface area contributed by atoms with Gasteiger partial charge in [0.05, 0.1) is 0 Å². The van der Waals surface area contributed by atoms with Gasteiger partial charge in [0.1, 0.15) is 5.82 Å². The van der Waals surface area contributed by atoms with E-state index in [1.807, 2.05) is 23.9 Å². The van der Waals surface area contributed by atoms with E-state index in [2.05, 4.69) is 4.98 Å². The molecule has 0 aliphatic carbocycles. The summed E-state index contributed by atoms with van der Waals surface area (Å²) < 4.78 is 1.90. The maximum atomic E-state index is 7.14. The Morgan fingerprint density at radius 1 is 1.73 bits per heavy atom. The summed E-state index contributed by atoms with van der Waals surface area (Å²) in [4.78, 5) is 4.07. The van der Waals surface area contributed by atoms with Crippen molar-refractivity contribution >= 4 is 11.8 Å². The molecule has 0 aliphatic heterocycles. The second-order valence-corrected chi connectivity index (χ2v) is 2.41. The van der Waals surface area contributed by atoms with Gasteiger partial charge in [0, 0.05) is 25.2 Å². The molecule has 0 radical (unpaired) electrons. The molecule has 0 unspecified atom stereocenters. The molecule has 1 aromatic heterocycles. The van der Waals surface area contributed by atoms with E-state index in [-0.39, 0.29) is 0 Å². The minimum Gasteiger partial charge on any atom is -0.335 e. The van der Waals surface area contributed by atoms with Crippen LogP contribution in [0, 0.1) is 5.41 Å². The number of hydrogen-bond donors (Lipinski definition) is 1. The molecule has 0 atom stereocenters. The molecule has 0 spiro atoms. The van der Waals surface area contributed by atoms with E-state index in [4.69, 9.17) is 5.41 Å². The fraction of sp³-hybridized carbons (Fsp3) is 0.250. The van der Waals surface area contributed by atoms with Gasteiger partial charge in [-0.05, 0) is 19.1 Å². The molecule has 11 heavy (non-hydrogen) atoms. The molecule has 1 rings (SSSR count). The largest absolute Gasteiger partial charge is 0.335 e. The molecule has 3 nitrogen and oxygen atoms in total. The van der Waals surface area contributed by atoms with Crippen LogP contribution in [0.4, 0.5) is 0 Å². The van der Waals surface area contributed by atoms with Gasteiger partial charge in [-0.1, -0.05) is 0 Å². The summed E-state index contributed by atoms with van der Waals surface area (Å²) in [5.74, 6) is 0.872. The molecule has 0 fully saturated rings. The minimum absolute atomic E-state index is 0.535. The molecule has 0 amide bonds. The van der Waals surface area contributed by atoms with Crippen LogP contribution in [0.15, 0.2) is 18.5 Å². The standard InChI is InChI=1S/C8H11N3/c1-7(9)3-4-8-10-5-6-11(8)2/h3-6,9H,1-2H3/b4-3-,9-7?. The Hall–Kier alpha value is -1.38. The van der Waals surface area contributed by atoms with Crippen molar-refractivity contribution in [1.29, 1.82) is 5.41 Å². The fourth-order valence-corrected chi connectivity index (χ4v) is 0.737. The molecule has 0 aliphatic rings. The summed E-state index contributed by atoms with van der Waals surface area (Å²) >= 11 is 0. The summed E-state index contributed by atoms with van der Waals surface area (Å²) in [6, 6.07) is 0. The Bertz CT molecular complexity index is 283. The third-order valence-corrected chi connectivity index (χ3v) is 1.34. The molecule has 1 heterocycles. The fourth-order valence-electron chi connectivity index (χ4n) is 0.737. The summed E-state index contributed by atoms with van der Waals surface area (Å²) in [6.07, 6.45) is 7.16. The van der Waals surface area contributed by atoms with Gasteiger partial charge in [-0.15, -0.1) is 0 Å². The minimum atomic E-state index is 0.535. The average molecular weight is 149 g/mol. The Balaban J connectivity index is 2.79. The molecule has 58 valence electrons. The van der Waals surface area contributed by atoms with Crippen molar-refractivity contribution < 1.29 is 0 Å². The van der Waals surface area contributed by atoms with Crippen LogP contribution in [0.5, 0.6) is 0 Å². The molecule has 3 heteroatoms. The number of aromatic nitrogens is 2. The third kappa shape index (κ3) is 2.04. The first-order chi connectivity index (χ1) is 5.20. The molecule has 0 saturated heterocycles. The van der Waals surface area contributed by atoms with Crippen molar-refractivity contribution in [3.05, 3.63) is 24.3 Å². The Labute approximate surface area is 65.9 Å². The molecule has 1 N–H and O–H groups in total. The van der Waals surface area contributed by atoms with Crippen LogP contribution < -0.4 is 0 Å². The number of imidazole rings is 1. The van der Waals surface area contributed by atoms with E-state index in [0.717, 1.165) is 5.82 Å². The zero-order valence-electron chi connectivity index (χ0n) is 6.70. The number of allylic oxidation sites excluding steroid dienone is 1. The smallest absolute Gasteiger partial charge is 0.132 e. The van der Waals surface area contributed by atoms with Crippen molar-refractivity contribution in [2.75, 3.05) is 0 Å². The van der Waals surface area contributed by atoms with Gasteiger partial charge in [-0.2, -0.15) is 0 Å². The summed E-state index contributed by atoms with van der Waals surface area (Å²) in [5, 5.41) is 7.14. The van der Waals surface area contributed by atoms with Gasteiger partial charge in [0.15, 0.2) is 0 Å². The second-order valence-electron chi connectivity index (χ2n) is 2.41. The highest BCUT2D eigenvalue weighted by molar-refractivity contribution is 5.93. The lowest BCUT2D eigenvalue weighted by Gasteiger charge is -1.91. The first kappa shape index (κ1) is 7.72. The zero-order valence-corrected chi connectivity index (χ0v) is 6.70. The summed E-state index contributed by atoms with van der Waals surface area (Å²) in [5.41, 5.74) is 0.535. The van der Waals surface area contributed by atoms with Crippen LogP contribution in [-0.4, -0.2) is 15.3 Å². The maximum Gasteiger partial charge on any atom is 0.132 e. The first-order valence-corrected chi connectivity index (χ1v) is 3.40. The summed E-state index contributed by atoms with van der Waals surface area (Å²) in [6.45, 7) is 1.74. The maximum absolute atomic E-state index is 7.14. The Morgan fingerprint density at radius 2 is 2.45 bits per heavy atom. The van der Waals surface area contributed by atoms with E-state index in [1.165, 1.54) is 0 Å². The molecular weight excluding hydrogens is 138 g/mol. The average Bonchev–Trinajstić information content (AvgIpc) is 2.31. The van der Waals surface area contributed by atoms with Gasteiger partial charge in [0.2, 0.25) is 0 Å². The molecule has 1 aromatic rings. The van der Waals surface area contributed by atoms with Gasteiger partial charge < -0.3 is 9.98 Å². The lowest BCUT2D eigenvalue weighted by Crippen LogP contribution is -1.89. The van der Waals surface area contributed by atoms with Crippen molar-refractivity contribution in [3.63, 3.8) is 0 Å². The van der Waals surface area contributed by atoms with Crippen LogP contribution in [0.1, 0.15) is 12.7 Å². The lowest BCUT2D eigenvalue weighted by molar-refractivity contribution is 0.897. The van der Waals surface area contributed by atoms with Gasteiger partial charge in [-0.3, -0.25) is 0 Å². The van der Waals surface area contributed by atoms with E-state index >= 15 is 0 Å². The van der Waals surface area contributed by atoms with Crippen LogP contribution in [0.2, 0.25) is 0 Å². The van der Waals surface area contributed by atoms with Gasteiger partial charge >= 0.3 is 0 Å². The van der Waals surface area contributed by atoms with Gasteiger partial charge in [-0.25, -0.2) is 4.98 Å². The van der Waals surface area contributed by atoms with Crippen LogP contribution in [0.3, 0.4) is 0 Å². The predicted octanol–water partition coefficient (Wildman–Crippen LogP) is 1.47. The SMILES string of the molecule is CC(=N)/C=C\c1nccn1C. The number of rotatable bonds is 2.